The molecule has 4 nitrogen and oxygen atoms in total. The van der Waals surface area contributed by atoms with Crippen LogP contribution in [0.2, 0.25) is 0 Å². The third kappa shape index (κ3) is 7.62. The maximum Gasteiger partial charge on any atom is 0.339 e. The Balaban J connectivity index is 2.27. The second-order valence-corrected chi connectivity index (χ2v) is 6.33. The van der Waals surface area contributed by atoms with E-state index < -0.39 is 11.9 Å². The van der Waals surface area contributed by atoms with Crippen molar-refractivity contribution < 1.29 is 19.4 Å². The summed E-state index contributed by atoms with van der Waals surface area (Å²) in [6, 6.07) is 6.16. The van der Waals surface area contributed by atoms with Gasteiger partial charge in [-0.1, -0.05) is 64.0 Å². The van der Waals surface area contributed by atoms with E-state index in [0.29, 0.717) is 0 Å². The molecule has 0 unspecified atom stereocenters. The lowest BCUT2D eigenvalue weighted by Crippen LogP contribution is -2.17. The van der Waals surface area contributed by atoms with Crippen LogP contribution in [0.3, 0.4) is 0 Å². The minimum absolute atomic E-state index is 0.0122. The Kier molecular flexibility index (Phi) is 9.81. The van der Waals surface area contributed by atoms with Crippen molar-refractivity contribution in [2.24, 2.45) is 0 Å². The maximum atomic E-state index is 12.1. The lowest BCUT2D eigenvalue weighted by atomic mass is 10.1. The number of aromatic carboxylic acids is 1. The second-order valence-electron chi connectivity index (χ2n) is 6.33. The van der Waals surface area contributed by atoms with E-state index in [0.717, 1.165) is 19.3 Å². The molecule has 0 spiro atoms. The molecule has 0 heterocycles. The van der Waals surface area contributed by atoms with Crippen LogP contribution in [0, 0.1) is 0 Å². The van der Waals surface area contributed by atoms with Crippen molar-refractivity contribution in [1.82, 2.24) is 0 Å². The number of ether oxygens (including phenoxy) is 1. The standard InChI is InChI=1S/C20H30O4/c1-3-4-5-6-7-8-9-10-13-16(2)24-20(23)18-15-12-11-14-17(18)19(21)22/h11-12,14-16H,3-10,13H2,1-2H3,(H,21,22)/t16-/m0/s1. The van der Waals surface area contributed by atoms with E-state index in [1.54, 1.807) is 12.1 Å². The molecule has 0 amide bonds. The lowest BCUT2D eigenvalue weighted by Gasteiger charge is -2.14. The summed E-state index contributed by atoms with van der Waals surface area (Å²) in [5.74, 6) is -1.67. The summed E-state index contributed by atoms with van der Waals surface area (Å²) in [4.78, 5) is 23.3. The molecule has 0 aliphatic rings. The highest BCUT2D eigenvalue weighted by molar-refractivity contribution is 6.02. The van der Waals surface area contributed by atoms with Gasteiger partial charge in [0.2, 0.25) is 0 Å². The zero-order valence-electron chi connectivity index (χ0n) is 14.9. The third-order valence-electron chi connectivity index (χ3n) is 4.15. The summed E-state index contributed by atoms with van der Waals surface area (Å²) in [5.41, 5.74) is 0.106. The molecular weight excluding hydrogens is 304 g/mol. The molecule has 0 fully saturated rings. The summed E-state index contributed by atoms with van der Waals surface area (Å²) in [7, 11) is 0. The molecule has 134 valence electrons. The number of hydrogen-bond donors (Lipinski definition) is 1. The Bertz CT molecular complexity index is 510. The summed E-state index contributed by atoms with van der Waals surface area (Å²) in [6.07, 6.45) is 10.5. The second kappa shape index (κ2) is 11.7. The van der Waals surface area contributed by atoms with Gasteiger partial charge in [-0.2, -0.15) is 0 Å². The minimum Gasteiger partial charge on any atom is -0.478 e. The average Bonchev–Trinajstić information content (AvgIpc) is 2.57. The van der Waals surface area contributed by atoms with Gasteiger partial charge in [-0.3, -0.25) is 0 Å². The predicted octanol–water partition coefficient (Wildman–Crippen LogP) is 5.46. The van der Waals surface area contributed by atoms with Crippen LogP contribution in [0.1, 0.15) is 92.4 Å². The minimum atomic E-state index is -1.11. The van der Waals surface area contributed by atoms with E-state index in [4.69, 9.17) is 9.84 Å². The van der Waals surface area contributed by atoms with Crippen LogP contribution < -0.4 is 0 Å². The Labute approximate surface area is 145 Å². The first-order valence-electron chi connectivity index (χ1n) is 9.09. The SMILES string of the molecule is CCCCCCCCCC[C@H](C)OC(=O)c1ccccc1C(=O)O. The third-order valence-corrected chi connectivity index (χ3v) is 4.15. The van der Waals surface area contributed by atoms with E-state index in [2.05, 4.69) is 6.92 Å². The normalized spacial score (nSPS) is 11.9. The van der Waals surface area contributed by atoms with Crippen molar-refractivity contribution in [2.75, 3.05) is 0 Å². The molecular formula is C20H30O4. The number of rotatable bonds is 12. The molecule has 1 atom stereocenters. The maximum absolute atomic E-state index is 12.1. The number of hydrogen-bond acceptors (Lipinski definition) is 3. The van der Waals surface area contributed by atoms with Crippen LogP contribution in [0.15, 0.2) is 24.3 Å². The number of benzene rings is 1. The van der Waals surface area contributed by atoms with E-state index in [-0.39, 0.29) is 17.2 Å². The number of carbonyl (C=O) groups excluding carboxylic acids is 1. The van der Waals surface area contributed by atoms with Crippen molar-refractivity contribution >= 4 is 11.9 Å². The number of unbranched alkanes of at least 4 members (excludes halogenated alkanes) is 7. The molecule has 1 rings (SSSR count). The summed E-state index contributed by atoms with van der Waals surface area (Å²) < 4.78 is 5.38. The quantitative estimate of drug-likeness (QED) is 0.407. The molecule has 0 saturated carbocycles. The van der Waals surface area contributed by atoms with Crippen molar-refractivity contribution in [1.29, 1.82) is 0 Å². The molecule has 0 bridgehead atoms. The first-order chi connectivity index (χ1) is 11.6. The topological polar surface area (TPSA) is 63.6 Å². The molecule has 1 aromatic carbocycles. The van der Waals surface area contributed by atoms with Crippen molar-refractivity contribution in [3.05, 3.63) is 35.4 Å². The van der Waals surface area contributed by atoms with Gasteiger partial charge in [0.05, 0.1) is 17.2 Å². The van der Waals surface area contributed by atoms with Gasteiger partial charge in [0, 0.05) is 0 Å². The molecule has 0 aromatic heterocycles. The van der Waals surface area contributed by atoms with E-state index >= 15 is 0 Å². The van der Waals surface area contributed by atoms with Crippen LogP contribution in [0.4, 0.5) is 0 Å². The highest BCUT2D eigenvalue weighted by Gasteiger charge is 2.18. The van der Waals surface area contributed by atoms with E-state index in [1.807, 2.05) is 6.92 Å². The van der Waals surface area contributed by atoms with Crippen LogP contribution in [0.5, 0.6) is 0 Å². The first kappa shape index (κ1) is 20.2. The van der Waals surface area contributed by atoms with Gasteiger partial charge < -0.3 is 9.84 Å². The van der Waals surface area contributed by atoms with Gasteiger partial charge in [-0.25, -0.2) is 9.59 Å². The van der Waals surface area contributed by atoms with Crippen LogP contribution >= 0.6 is 0 Å². The average molecular weight is 334 g/mol. The highest BCUT2D eigenvalue weighted by atomic mass is 16.5. The molecule has 0 saturated heterocycles. The fraction of sp³-hybridized carbons (Fsp3) is 0.600. The van der Waals surface area contributed by atoms with Gasteiger partial charge in [-0.05, 0) is 31.9 Å². The van der Waals surface area contributed by atoms with Gasteiger partial charge in [0.15, 0.2) is 0 Å². The molecule has 4 heteroatoms. The molecule has 0 aliphatic heterocycles. The van der Waals surface area contributed by atoms with Gasteiger partial charge in [0.1, 0.15) is 0 Å². The number of carbonyl (C=O) groups is 2. The van der Waals surface area contributed by atoms with Gasteiger partial charge in [0.25, 0.3) is 0 Å². The zero-order chi connectivity index (χ0) is 17.8. The smallest absolute Gasteiger partial charge is 0.339 e. The monoisotopic (exact) mass is 334 g/mol. The zero-order valence-corrected chi connectivity index (χ0v) is 14.9. The lowest BCUT2D eigenvalue weighted by molar-refractivity contribution is 0.0313. The summed E-state index contributed by atoms with van der Waals surface area (Å²) in [6.45, 7) is 4.08. The summed E-state index contributed by atoms with van der Waals surface area (Å²) in [5, 5.41) is 9.12. The summed E-state index contributed by atoms with van der Waals surface area (Å²) >= 11 is 0. The van der Waals surface area contributed by atoms with E-state index in [9.17, 15) is 9.59 Å². The van der Waals surface area contributed by atoms with E-state index in [1.165, 1.54) is 50.7 Å². The van der Waals surface area contributed by atoms with Crippen molar-refractivity contribution in [3.63, 3.8) is 0 Å². The molecule has 1 N–H and O–H groups in total. The predicted molar refractivity (Wildman–Crippen MR) is 95.5 cm³/mol. The molecule has 24 heavy (non-hydrogen) atoms. The fourth-order valence-corrected chi connectivity index (χ4v) is 2.72. The Morgan fingerprint density at radius 3 is 2.08 bits per heavy atom. The molecule has 0 radical (unpaired) electrons. The fourth-order valence-electron chi connectivity index (χ4n) is 2.72. The van der Waals surface area contributed by atoms with Crippen LogP contribution in [-0.2, 0) is 4.74 Å². The Hall–Kier alpha value is -1.84. The molecule has 0 aliphatic carbocycles. The Morgan fingerprint density at radius 1 is 0.958 bits per heavy atom. The van der Waals surface area contributed by atoms with Gasteiger partial charge >= 0.3 is 11.9 Å². The van der Waals surface area contributed by atoms with Crippen LogP contribution in [-0.4, -0.2) is 23.1 Å². The molecule has 1 aromatic rings. The largest absolute Gasteiger partial charge is 0.478 e. The van der Waals surface area contributed by atoms with Crippen LogP contribution in [0.25, 0.3) is 0 Å². The van der Waals surface area contributed by atoms with Crippen molar-refractivity contribution in [2.45, 2.75) is 77.7 Å². The first-order valence-corrected chi connectivity index (χ1v) is 9.09. The van der Waals surface area contributed by atoms with Gasteiger partial charge in [-0.15, -0.1) is 0 Å². The number of carboxylic acid groups (broad SMARTS) is 1. The highest BCUT2D eigenvalue weighted by Crippen LogP contribution is 2.15. The number of esters is 1. The Morgan fingerprint density at radius 2 is 1.50 bits per heavy atom. The van der Waals surface area contributed by atoms with Crippen molar-refractivity contribution in [3.8, 4) is 0 Å². The number of carboxylic acids is 1.